The lowest BCUT2D eigenvalue weighted by Crippen LogP contribution is -1.97. The van der Waals surface area contributed by atoms with E-state index >= 15 is 0 Å². The second-order valence-electron chi connectivity index (χ2n) is 6.39. The van der Waals surface area contributed by atoms with Crippen molar-refractivity contribution in [1.82, 2.24) is 19.4 Å². The van der Waals surface area contributed by atoms with Gasteiger partial charge in [-0.15, -0.1) is 0 Å². The molecule has 120 valence electrons. The Bertz CT molecular complexity index is 1270. The van der Waals surface area contributed by atoms with Gasteiger partial charge in [0, 0.05) is 28.7 Å². The molecule has 0 unspecified atom stereocenters. The fourth-order valence-corrected chi connectivity index (χ4v) is 3.61. The van der Waals surface area contributed by atoms with Gasteiger partial charge < -0.3 is 0 Å². The molecule has 0 spiro atoms. The molecule has 4 nitrogen and oxygen atoms in total. The van der Waals surface area contributed by atoms with E-state index < -0.39 is 0 Å². The number of hydrogen-bond donors (Lipinski definition) is 0. The Labute approximate surface area is 144 Å². The maximum absolute atomic E-state index is 4.72. The van der Waals surface area contributed by atoms with Gasteiger partial charge in [-0.05, 0) is 43.7 Å². The lowest BCUT2D eigenvalue weighted by atomic mass is 10.0. The number of pyridine rings is 3. The third-order valence-corrected chi connectivity index (χ3v) is 4.72. The Kier molecular flexibility index (Phi) is 2.88. The van der Waals surface area contributed by atoms with Crippen LogP contribution in [0.2, 0.25) is 0 Å². The molecule has 1 aromatic carbocycles. The molecule has 0 atom stereocenters. The second-order valence-corrected chi connectivity index (χ2v) is 6.39. The van der Waals surface area contributed by atoms with Crippen LogP contribution in [0.25, 0.3) is 38.8 Å². The predicted molar refractivity (Wildman–Crippen MR) is 101 cm³/mol. The summed E-state index contributed by atoms with van der Waals surface area (Å²) in [5.74, 6) is 0. The number of hydrogen-bond acceptors (Lipinski definition) is 3. The van der Waals surface area contributed by atoms with Crippen LogP contribution in [0.3, 0.4) is 0 Å². The SMILES string of the molecule is Cc1ccc(-c2cnc3c4cccnc4c4cccnc4n23)c(C)c1. The zero-order valence-electron chi connectivity index (χ0n) is 14.1. The Morgan fingerprint density at radius 3 is 2.28 bits per heavy atom. The van der Waals surface area contributed by atoms with Crippen LogP contribution in [0.1, 0.15) is 11.1 Å². The van der Waals surface area contributed by atoms with E-state index in [0.29, 0.717) is 0 Å². The lowest BCUT2D eigenvalue weighted by molar-refractivity contribution is 1.19. The zero-order chi connectivity index (χ0) is 17.0. The van der Waals surface area contributed by atoms with Crippen LogP contribution in [0, 0.1) is 13.8 Å². The quantitative estimate of drug-likeness (QED) is 0.419. The third-order valence-electron chi connectivity index (χ3n) is 4.72. The van der Waals surface area contributed by atoms with Crippen molar-refractivity contribution in [3.05, 3.63) is 72.2 Å². The van der Waals surface area contributed by atoms with E-state index in [4.69, 9.17) is 4.98 Å². The van der Waals surface area contributed by atoms with E-state index in [9.17, 15) is 0 Å². The van der Waals surface area contributed by atoms with Gasteiger partial charge in [0.15, 0.2) is 0 Å². The van der Waals surface area contributed by atoms with Gasteiger partial charge in [0.2, 0.25) is 0 Å². The van der Waals surface area contributed by atoms with E-state index in [1.165, 1.54) is 16.7 Å². The normalized spacial score (nSPS) is 11.6. The topological polar surface area (TPSA) is 43.1 Å². The Morgan fingerprint density at radius 2 is 1.52 bits per heavy atom. The van der Waals surface area contributed by atoms with Gasteiger partial charge in [0.1, 0.15) is 11.3 Å². The lowest BCUT2D eigenvalue weighted by Gasteiger charge is -2.11. The molecule has 0 saturated carbocycles. The average Bonchev–Trinajstić information content (AvgIpc) is 3.07. The van der Waals surface area contributed by atoms with Crippen molar-refractivity contribution < 1.29 is 0 Å². The Hall–Kier alpha value is -3.27. The highest BCUT2D eigenvalue weighted by atomic mass is 15.1. The van der Waals surface area contributed by atoms with Gasteiger partial charge in [-0.25, -0.2) is 9.97 Å². The number of nitrogens with zero attached hydrogens (tertiary/aromatic N) is 4. The molecule has 5 aromatic rings. The summed E-state index contributed by atoms with van der Waals surface area (Å²) in [4.78, 5) is 13.9. The fourth-order valence-electron chi connectivity index (χ4n) is 3.61. The van der Waals surface area contributed by atoms with Crippen LogP contribution >= 0.6 is 0 Å². The molecule has 0 aliphatic rings. The molecule has 0 bridgehead atoms. The van der Waals surface area contributed by atoms with Crippen LogP contribution in [-0.2, 0) is 0 Å². The van der Waals surface area contributed by atoms with Crippen molar-refractivity contribution in [2.24, 2.45) is 0 Å². The first kappa shape index (κ1) is 14.1. The highest BCUT2D eigenvalue weighted by Gasteiger charge is 2.16. The summed E-state index contributed by atoms with van der Waals surface area (Å²) in [6.07, 6.45) is 5.58. The van der Waals surface area contributed by atoms with Crippen LogP contribution in [0.5, 0.6) is 0 Å². The van der Waals surface area contributed by atoms with Gasteiger partial charge in [-0.1, -0.05) is 23.8 Å². The zero-order valence-corrected chi connectivity index (χ0v) is 14.1. The first-order valence-corrected chi connectivity index (χ1v) is 8.30. The highest BCUT2D eigenvalue weighted by Crippen LogP contribution is 2.32. The molecule has 0 aliphatic carbocycles. The largest absolute Gasteiger partial charge is 0.276 e. The molecule has 0 aliphatic heterocycles. The van der Waals surface area contributed by atoms with Crippen molar-refractivity contribution in [3.63, 3.8) is 0 Å². The molecule has 0 N–H and O–H groups in total. The number of aryl methyl sites for hydroxylation is 2. The maximum Gasteiger partial charge on any atom is 0.148 e. The summed E-state index contributed by atoms with van der Waals surface area (Å²) in [5.41, 5.74) is 7.44. The summed E-state index contributed by atoms with van der Waals surface area (Å²) in [6.45, 7) is 4.25. The summed E-state index contributed by atoms with van der Waals surface area (Å²) in [6, 6.07) is 14.6. The van der Waals surface area contributed by atoms with Crippen molar-refractivity contribution in [3.8, 4) is 11.3 Å². The predicted octanol–water partition coefficient (Wildman–Crippen LogP) is 4.71. The number of rotatable bonds is 1. The highest BCUT2D eigenvalue weighted by molar-refractivity contribution is 6.09. The van der Waals surface area contributed by atoms with E-state index in [1.807, 2.05) is 30.7 Å². The summed E-state index contributed by atoms with van der Waals surface area (Å²) < 4.78 is 2.15. The third kappa shape index (κ3) is 1.97. The molecule has 4 heteroatoms. The molecule has 0 saturated heterocycles. The number of aromatic nitrogens is 4. The van der Waals surface area contributed by atoms with Crippen LogP contribution in [0.15, 0.2) is 61.1 Å². The van der Waals surface area contributed by atoms with Gasteiger partial charge in [0.05, 0.1) is 17.4 Å². The monoisotopic (exact) mass is 324 g/mol. The van der Waals surface area contributed by atoms with Gasteiger partial charge in [-0.2, -0.15) is 0 Å². The molecular formula is C21H16N4. The number of benzene rings is 1. The Balaban J connectivity index is 2.01. The number of fused-ring (bicyclic) bond motifs is 6. The van der Waals surface area contributed by atoms with E-state index in [2.05, 4.69) is 58.5 Å². The van der Waals surface area contributed by atoms with E-state index in [-0.39, 0.29) is 0 Å². The minimum atomic E-state index is 0.885. The van der Waals surface area contributed by atoms with Gasteiger partial charge >= 0.3 is 0 Å². The standard InChI is InChI=1S/C21H16N4/c1-13-7-8-15(14(2)11-13)18-12-24-21-17-5-3-9-22-19(17)16-6-4-10-23-20(16)25(18)21/h3-12H,1-2H3. The number of imidazole rings is 1. The Morgan fingerprint density at radius 1 is 0.800 bits per heavy atom. The molecular weight excluding hydrogens is 308 g/mol. The van der Waals surface area contributed by atoms with Gasteiger partial charge in [-0.3, -0.25) is 9.38 Å². The molecule has 0 amide bonds. The average molecular weight is 324 g/mol. The molecule has 0 radical (unpaired) electrons. The van der Waals surface area contributed by atoms with Crippen LogP contribution in [0.4, 0.5) is 0 Å². The van der Waals surface area contributed by atoms with Crippen molar-refractivity contribution in [2.45, 2.75) is 13.8 Å². The van der Waals surface area contributed by atoms with Gasteiger partial charge in [0.25, 0.3) is 0 Å². The summed E-state index contributed by atoms with van der Waals surface area (Å²) >= 11 is 0. The van der Waals surface area contributed by atoms with Crippen LogP contribution in [-0.4, -0.2) is 19.4 Å². The molecule has 4 heterocycles. The smallest absolute Gasteiger partial charge is 0.148 e. The van der Waals surface area contributed by atoms with E-state index in [0.717, 1.165) is 33.3 Å². The maximum atomic E-state index is 4.72. The minimum Gasteiger partial charge on any atom is -0.276 e. The molecule has 5 rings (SSSR count). The molecule has 0 fully saturated rings. The van der Waals surface area contributed by atoms with Crippen molar-refractivity contribution in [2.75, 3.05) is 0 Å². The van der Waals surface area contributed by atoms with Crippen molar-refractivity contribution >= 4 is 27.6 Å². The summed E-state index contributed by atoms with van der Waals surface area (Å²) in [7, 11) is 0. The molecule has 4 aromatic heterocycles. The molecule has 25 heavy (non-hydrogen) atoms. The summed E-state index contributed by atoms with van der Waals surface area (Å²) in [5, 5.41) is 2.08. The first-order chi connectivity index (χ1) is 12.2. The van der Waals surface area contributed by atoms with E-state index in [1.54, 1.807) is 0 Å². The fraction of sp³-hybridized carbons (Fsp3) is 0.0952. The van der Waals surface area contributed by atoms with Crippen molar-refractivity contribution in [1.29, 1.82) is 0 Å². The first-order valence-electron chi connectivity index (χ1n) is 8.30. The second kappa shape index (κ2) is 5.11. The van der Waals surface area contributed by atoms with Crippen LogP contribution < -0.4 is 0 Å². The minimum absolute atomic E-state index is 0.885.